The summed E-state index contributed by atoms with van der Waals surface area (Å²) in [4.78, 5) is 28.3. The first-order chi connectivity index (χ1) is 12.7. The van der Waals surface area contributed by atoms with Gasteiger partial charge >= 0.3 is 0 Å². The molecule has 8 heteroatoms. The van der Waals surface area contributed by atoms with Crippen molar-refractivity contribution in [2.75, 3.05) is 23.8 Å². The van der Waals surface area contributed by atoms with Gasteiger partial charge in [-0.05, 0) is 51.4 Å². The van der Waals surface area contributed by atoms with E-state index in [1.165, 1.54) is 6.42 Å². The lowest BCUT2D eigenvalue weighted by Crippen LogP contribution is -2.62. The van der Waals surface area contributed by atoms with Crippen molar-refractivity contribution in [1.82, 2.24) is 20.3 Å². The van der Waals surface area contributed by atoms with Gasteiger partial charge < -0.3 is 20.7 Å². The van der Waals surface area contributed by atoms with Gasteiger partial charge in [-0.25, -0.2) is 0 Å². The summed E-state index contributed by atoms with van der Waals surface area (Å²) in [5, 5.41) is 3.27. The Morgan fingerprint density at radius 2 is 2.00 bits per heavy atom. The van der Waals surface area contributed by atoms with Gasteiger partial charge in [0.2, 0.25) is 17.8 Å². The fraction of sp³-hybridized carbons (Fsp3) is 0.778. The molecule has 1 spiro atoms. The van der Waals surface area contributed by atoms with E-state index in [0.717, 1.165) is 57.3 Å². The Morgan fingerprint density at radius 3 is 2.65 bits per heavy atom. The van der Waals surface area contributed by atoms with Crippen LogP contribution in [-0.2, 0) is 9.53 Å². The summed E-state index contributed by atoms with van der Waals surface area (Å²) in [6.07, 6.45) is 7.94. The first kappa shape index (κ1) is 16.2. The molecule has 1 unspecified atom stereocenters. The van der Waals surface area contributed by atoms with E-state index in [1.54, 1.807) is 0 Å². The monoisotopic (exact) mass is 358 g/mol. The normalized spacial score (nSPS) is 29.8. The molecule has 3 N–H and O–H groups in total. The first-order valence-corrected chi connectivity index (χ1v) is 9.87. The van der Waals surface area contributed by atoms with Crippen molar-refractivity contribution in [2.24, 2.45) is 0 Å². The maximum atomic E-state index is 12.6. The molecule has 2 saturated heterocycles. The SMILES string of the molecule is Nc1nc(C2CC2)nc(N2CCC(NC(=O)[C@@H]3CCCO3)C23CCC3)n1. The molecule has 2 atom stereocenters. The molecule has 4 fully saturated rings. The maximum Gasteiger partial charge on any atom is 0.249 e. The highest BCUT2D eigenvalue weighted by Crippen LogP contribution is 2.47. The van der Waals surface area contributed by atoms with Gasteiger partial charge in [-0.1, -0.05) is 0 Å². The Labute approximate surface area is 152 Å². The smallest absolute Gasteiger partial charge is 0.249 e. The average molecular weight is 358 g/mol. The molecule has 0 bridgehead atoms. The number of rotatable bonds is 4. The predicted molar refractivity (Wildman–Crippen MR) is 95.7 cm³/mol. The van der Waals surface area contributed by atoms with E-state index in [9.17, 15) is 4.79 Å². The molecule has 0 radical (unpaired) electrons. The molecule has 3 heterocycles. The topological polar surface area (TPSA) is 106 Å². The second-order valence-corrected chi connectivity index (χ2v) is 8.09. The molecule has 26 heavy (non-hydrogen) atoms. The summed E-state index contributed by atoms with van der Waals surface area (Å²) >= 11 is 0. The summed E-state index contributed by atoms with van der Waals surface area (Å²) in [7, 11) is 0. The molecule has 1 aromatic heterocycles. The molecular weight excluding hydrogens is 332 g/mol. The number of anilines is 2. The molecule has 2 aliphatic carbocycles. The Balaban J connectivity index is 1.38. The van der Waals surface area contributed by atoms with Gasteiger partial charge in [0.1, 0.15) is 11.9 Å². The van der Waals surface area contributed by atoms with E-state index in [2.05, 4.69) is 20.2 Å². The van der Waals surface area contributed by atoms with Gasteiger partial charge in [-0.2, -0.15) is 15.0 Å². The van der Waals surface area contributed by atoms with Crippen molar-refractivity contribution >= 4 is 17.8 Å². The third-order valence-electron chi connectivity index (χ3n) is 6.43. The lowest BCUT2D eigenvalue weighted by molar-refractivity contribution is -0.131. The number of hydrogen-bond acceptors (Lipinski definition) is 7. The van der Waals surface area contributed by atoms with Gasteiger partial charge in [0, 0.05) is 19.1 Å². The number of aromatic nitrogens is 3. The molecule has 0 aromatic carbocycles. The lowest BCUT2D eigenvalue weighted by atomic mass is 9.72. The zero-order chi connectivity index (χ0) is 17.7. The summed E-state index contributed by atoms with van der Waals surface area (Å²) in [6, 6.07) is 0.121. The fourth-order valence-corrected chi connectivity index (χ4v) is 4.69. The van der Waals surface area contributed by atoms with Crippen molar-refractivity contribution in [3.05, 3.63) is 5.82 Å². The minimum absolute atomic E-state index is 0.0365. The number of nitrogens with two attached hydrogens (primary N) is 1. The van der Waals surface area contributed by atoms with E-state index >= 15 is 0 Å². The van der Waals surface area contributed by atoms with Crippen LogP contribution in [-0.4, -0.2) is 51.7 Å². The van der Waals surface area contributed by atoms with Gasteiger partial charge in [-0.3, -0.25) is 4.79 Å². The van der Waals surface area contributed by atoms with Gasteiger partial charge in [0.05, 0.1) is 11.6 Å². The largest absolute Gasteiger partial charge is 0.368 e. The highest BCUT2D eigenvalue weighted by atomic mass is 16.5. The second kappa shape index (κ2) is 6.04. The lowest BCUT2D eigenvalue weighted by Gasteiger charge is -2.49. The van der Waals surface area contributed by atoms with Crippen LogP contribution in [0.15, 0.2) is 0 Å². The Hall–Kier alpha value is -1.96. The molecule has 1 aromatic rings. The number of hydrogen-bond donors (Lipinski definition) is 2. The summed E-state index contributed by atoms with van der Waals surface area (Å²) in [5.41, 5.74) is 5.88. The number of nitrogens with one attached hydrogen (secondary N) is 1. The van der Waals surface area contributed by atoms with E-state index in [0.29, 0.717) is 24.4 Å². The second-order valence-electron chi connectivity index (χ2n) is 8.09. The third-order valence-corrected chi connectivity index (χ3v) is 6.43. The minimum Gasteiger partial charge on any atom is -0.368 e. The molecule has 2 saturated carbocycles. The predicted octanol–water partition coefficient (Wildman–Crippen LogP) is 1.13. The van der Waals surface area contributed by atoms with E-state index in [1.807, 2.05) is 0 Å². The number of ether oxygens (including phenoxy) is 1. The van der Waals surface area contributed by atoms with Gasteiger partial charge in [0.25, 0.3) is 0 Å². The summed E-state index contributed by atoms with van der Waals surface area (Å²) in [6.45, 7) is 1.53. The molecular formula is C18H26N6O2. The van der Waals surface area contributed by atoms with Crippen molar-refractivity contribution in [3.63, 3.8) is 0 Å². The first-order valence-electron chi connectivity index (χ1n) is 9.87. The Bertz CT molecular complexity index is 712. The van der Waals surface area contributed by atoms with Crippen molar-refractivity contribution in [3.8, 4) is 0 Å². The maximum absolute atomic E-state index is 12.6. The average Bonchev–Trinajstić information content (AvgIpc) is 3.15. The molecule has 2 aliphatic heterocycles. The number of carbonyl (C=O) groups is 1. The molecule has 5 rings (SSSR count). The van der Waals surface area contributed by atoms with Gasteiger partial charge in [-0.15, -0.1) is 0 Å². The van der Waals surface area contributed by atoms with Crippen LogP contribution in [0.1, 0.15) is 63.1 Å². The number of amides is 1. The van der Waals surface area contributed by atoms with E-state index in [-0.39, 0.29) is 23.6 Å². The summed E-state index contributed by atoms with van der Waals surface area (Å²) in [5.74, 6) is 2.29. The third kappa shape index (κ3) is 2.62. The fourth-order valence-electron chi connectivity index (χ4n) is 4.69. The van der Waals surface area contributed by atoms with Gasteiger partial charge in [0.15, 0.2) is 0 Å². The molecule has 140 valence electrons. The van der Waals surface area contributed by atoms with Crippen molar-refractivity contribution in [1.29, 1.82) is 0 Å². The number of nitrogens with zero attached hydrogens (tertiary/aromatic N) is 4. The van der Waals surface area contributed by atoms with Crippen LogP contribution in [0.25, 0.3) is 0 Å². The van der Waals surface area contributed by atoms with E-state index in [4.69, 9.17) is 15.5 Å². The number of carbonyl (C=O) groups excluding carboxylic acids is 1. The van der Waals surface area contributed by atoms with Crippen LogP contribution < -0.4 is 16.0 Å². The Morgan fingerprint density at radius 1 is 1.15 bits per heavy atom. The molecule has 4 aliphatic rings. The van der Waals surface area contributed by atoms with Crippen molar-refractivity contribution in [2.45, 2.75) is 75.0 Å². The van der Waals surface area contributed by atoms with Crippen LogP contribution in [0.5, 0.6) is 0 Å². The Kier molecular flexibility index (Phi) is 3.77. The quantitative estimate of drug-likeness (QED) is 0.831. The van der Waals surface area contributed by atoms with E-state index < -0.39 is 0 Å². The highest BCUT2D eigenvalue weighted by Gasteiger charge is 2.54. The van der Waals surface area contributed by atoms with Crippen LogP contribution >= 0.6 is 0 Å². The zero-order valence-electron chi connectivity index (χ0n) is 15.0. The molecule has 1 amide bonds. The van der Waals surface area contributed by atoms with Crippen LogP contribution in [0.3, 0.4) is 0 Å². The number of nitrogen functional groups attached to an aromatic ring is 1. The summed E-state index contributed by atoms with van der Waals surface area (Å²) < 4.78 is 5.55. The minimum atomic E-state index is -0.282. The zero-order valence-corrected chi connectivity index (χ0v) is 15.0. The standard InChI is InChI=1S/C18H26N6O2/c19-16-21-14(11-4-5-11)22-17(23-16)24-9-6-13(18(24)7-2-8-18)20-15(25)12-3-1-10-26-12/h11-13H,1-10H2,(H,20,25)(H2,19,21,22,23)/t12-,13?/m0/s1. The van der Waals surface area contributed by atoms with Crippen molar-refractivity contribution < 1.29 is 9.53 Å². The van der Waals surface area contributed by atoms with Crippen LogP contribution in [0, 0.1) is 0 Å². The highest BCUT2D eigenvalue weighted by molar-refractivity contribution is 5.81. The van der Waals surface area contributed by atoms with Crippen LogP contribution in [0.2, 0.25) is 0 Å². The van der Waals surface area contributed by atoms with Crippen LogP contribution in [0.4, 0.5) is 11.9 Å². The molecule has 8 nitrogen and oxygen atoms in total.